The third-order valence-electron chi connectivity index (χ3n) is 4.61. The van der Waals surface area contributed by atoms with Gasteiger partial charge in [-0.3, -0.25) is 4.79 Å². The molecule has 3 aromatic rings. The zero-order chi connectivity index (χ0) is 17.4. The number of nitrogen functional groups attached to an aromatic ring is 1. The summed E-state index contributed by atoms with van der Waals surface area (Å²) in [6, 6.07) is 13.8. The molecule has 2 heterocycles. The summed E-state index contributed by atoms with van der Waals surface area (Å²) in [5.41, 5.74) is 9.70. The highest BCUT2D eigenvalue weighted by Crippen LogP contribution is 2.23. The number of nitrogens with zero attached hydrogens (tertiary/aromatic N) is 3. The van der Waals surface area contributed by atoms with Crippen molar-refractivity contribution in [1.82, 2.24) is 9.88 Å². The Kier molecular flexibility index (Phi) is 3.80. The number of piperazine rings is 1. The smallest absolute Gasteiger partial charge is 0.298 e. The summed E-state index contributed by atoms with van der Waals surface area (Å²) in [7, 11) is 0. The van der Waals surface area contributed by atoms with Gasteiger partial charge in [-0.2, -0.15) is 4.98 Å². The van der Waals surface area contributed by atoms with Crippen molar-refractivity contribution in [2.75, 3.05) is 36.8 Å². The molecule has 1 fully saturated rings. The van der Waals surface area contributed by atoms with Crippen LogP contribution in [0.1, 0.15) is 15.9 Å². The Labute approximate surface area is 145 Å². The number of hydrogen-bond donors (Lipinski definition) is 1. The van der Waals surface area contributed by atoms with Gasteiger partial charge in [0.2, 0.25) is 0 Å². The van der Waals surface area contributed by atoms with Crippen molar-refractivity contribution in [2.24, 2.45) is 0 Å². The second-order valence-electron chi connectivity index (χ2n) is 6.32. The van der Waals surface area contributed by atoms with Crippen molar-refractivity contribution in [3.63, 3.8) is 0 Å². The van der Waals surface area contributed by atoms with Gasteiger partial charge in [-0.15, -0.1) is 0 Å². The number of fused-ring (bicyclic) bond motifs is 1. The summed E-state index contributed by atoms with van der Waals surface area (Å²) in [6.07, 6.45) is 0. The highest BCUT2D eigenvalue weighted by Gasteiger charge is 2.25. The third-order valence-corrected chi connectivity index (χ3v) is 4.61. The van der Waals surface area contributed by atoms with Crippen LogP contribution in [0.25, 0.3) is 11.1 Å². The van der Waals surface area contributed by atoms with E-state index in [4.69, 9.17) is 10.2 Å². The van der Waals surface area contributed by atoms with Crippen LogP contribution in [-0.4, -0.2) is 42.0 Å². The predicted octanol–water partition coefficient (Wildman–Crippen LogP) is 2.68. The third kappa shape index (κ3) is 2.91. The zero-order valence-corrected chi connectivity index (χ0v) is 14.1. The lowest BCUT2D eigenvalue weighted by Crippen LogP contribution is -2.49. The molecule has 0 radical (unpaired) electrons. The summed E-state index contributed by atoms with van der Waals surface area (Å²) >= 11 is 0. The van der Waals surface area contributed by atoms with E-state index in [9.17, 15) is 4.79 Å². The minimum atomic E-state index is 0.0296. The highest BCUT2D eigenvalue weighted by molar-refractivity contribution is 5.96. The van der Waals surface area contributed by atoms with Crippen molar-refractivity contribution < 1.29 is 9.21 Å². The SMILES string of the molecule is Cc1ccc(N)cc1C(=O)N1CCN(c2nc3ccccc3o2)CC1. The number of rotatable bonds is 2. The highest BCUT2D eigenvalue weighted by atomic mass is 16.4. The van der Waals surface area contributed by atoms with Crippen LogP contribution in [0.5, 0.6) is 0 Å². The second-order valence-corrected chi connectivity index (χ2v) is 6.32. The van der Waals surface area contributed by atoms with Crippen molar-refractivity contribution in [3.8, 4) is 0 Å². The first-order chi connectivity index (χ1) is 12.1. The molecular weight excluding hydrogens is 316 g/mol. The molecule has 0 bridgehead atoms. The molecule has 6 heteroatoms. The quantitative estimate of drug-likeness (QED) is 0.728. The summed E-state index contributed by atoms with van der Waals surface area (Å²) in [5.74, 6) is 0.0296. The lowest BCUT2D eigenvalue weighted by Gasteiger charge is -2.34. The number of aromatic nitrogens is 1. The van der Waals surface area contributed by atoms with Crippen molar-refractivity contribution in [2.45, 2.75) is 6.92 Å². The monoisotopic (exact) mass is 336 g/mol. The number of hydrogen-bond acceptors (Lipinski definition) is 5. The average molecular weight is 336 g/mol. The van der Waals surface area contributed by atoms with E-state index in [1.807, 2.05) is 48.2 Å². The van der Waals surface area contributed by atoms with Crippen LogP contribution in [-0.2, 0) is 0 Å². The molecule has 2 aromatic carbocycles. The fourth-order valence-electron chi connectivity index (χ4n) is 3.14. The number of aryl methyl sites for hydroxylation is 1. The van der Waals surface area contributed by atoms with E-state index in [1.54, 1.807) is 6.07 Å². The van der Waals surface area contributed by atoms with Gasteiger partial charge in [0, 0.05) is 37.4 Å². The summed E-state index contributed by atoms with van der Waals surface area (Å²) in [5, 5.41) is 0. The van der Waals surface area contributed by atoms with Crippen LogP contribution >= 0.6 is 0 Å². The minimum absolute atomic E-state index is 0.0296. The maximum Gasteiger partial charge on any atom is 0.298 e. The number of benzene rings is 2. The molecule has 1 aliphatic heterocycles. The van der Waals surface area contributed by atoms with E-state index in [2.05, 4.69) is 9.88 Å². The predicted molar refractivity (Wildman–Crippen MR) is 97.7 cm³/mol. The normalized spacial score (nSPS) is 14.9. The van der Waals surface area contributed by atoms with Gasteiger partial charge in [0.15, 0.2) is 5.58 Å². The molecule has 128 valence electrons. The second kappa shape index (κ2) is 6.12. The molecular formula is C19H20N4O2. The molecule has 1 saturated heterocycles. The zero-order valence-electron chi connectivity index (χ0n) is 14.1. The topological polar surface area (TPSA) is 75.6 Å². The molecule has 1 amide bonds. The van der Waals surface area contributed by atoms with E-state index in [0.29, 0.717) is 43.4 Å². The molecule has 0 unspecified atom stereocenters. The Bertz CT molecular complexity index is 893. The van der Waals surface area contributed by atoms with Crippen LogP contribution < -0.4 is 10.6 Å². The Morgan fingerprint density at radius 3 is 2.64 bits per heavy atom. The Morgan fingerprint density at radius 1 is 1.12 bits per heavy atom. The van der Waals surface area contributed by atoms with Gasteiger partial charge in [-0.25, -0.2) is 0 Å². The molecule has 0 spiro atoms. The number of anilines is 2. The van der Waals surface area contributed by atoms with Crippen LogP contribution in [0.4, 0.5) is 11.7 Å². The maximum absolute atomic E-state index is 12.8. The summed E-state index contributed by atoms with van der Waals surface area (Å²) < 4.78 is 5.82. The molecule has 0 aliphatic carbocycles. The molecule has 1 aromatic heterocycles. The number of carbonyl (C=O) groups excluding carboxylic acids is 1. The maximum atomic E-state index is 12.8. The van der Waals surface area contributed by atoms with Crippen LogP contribution in [0.2, 0.25) is 0 Å². The fourth-order valence-corrected chi connectivity index (χ4v) is 3.14. The van der Waals surface area contributed by atoms with Crippen LogP contribution in [0, 0.1) is 6.92 Å². The number of amides is 1. The van der Waals surface area contributed by atoms with Crippen molar-refractivity contribution >= 4 is 28.7 Å². The largest absolute Gasteiger partial charge is 0.423 e. The first kappa shape index (κ1) is 15.5. The van der Waals surface area contributed by atoms with Gasteiger partial charge in [-0.1, -0.05) is 18.2 Å². The summed E-state index contributed by atoms with van der Waals surface area (Å²) in [4.78, 5) is 21.2. The van der Waals surface area contributed by atoms with Crippen molar-refractivity contribution in [1.29, 1.82) is 0 Å². The number of carbonyl (C=O) groups is 1. The Hall–Kier alpha value is -3.02. The van der Waals surface area contributed by atoms with Gasteiger partial charge in [-0.05, 0) is 36.8 Å². The van der Waals surface area contributed by atoms with Crippen LogP contribution in [0.3, 0.4) is 0 Å². The number of nitrogens with two attached hydrogens (primary N) is 1. The number of para-hydroxylation sites is 2. The molecule has 4 rings (SSSR count). The van der Waals surface area contributed by atoms with E-state index < -0.39 is 0 Å². The first-order valence-corrected chi connectivity index (χ1v) is 8.38. The van der Waals surface area contributed by atoms with Gasteiger partial charge in [0.25, 0.3) is 11.9 Å². The average Bonchev–Trinajstić information content (AvgIpc) is 3.07. The minimum Gasteiger partial charge on any atom is -0.423 e. The van der Waals surface area contributed by atoms with E-state index >= 15 is 0 Å². The lowest BCUT2D eigenvalue weighted by molar-refractivity contribution is 0.0744. The standard InChI is InChI=1S/C19H20N4O2/c1-13-6-7-14(20)12-15(13)18(24)22-8-10-23(11-9-22)19-21-16-4-2-3-5-17(16)25-19/h2-7,12H,8-11,20H2,1H3. The van der Waals surface area contributed by atoms with Crippen molar-refractivity contribution in [3.05, 3.63) is 53.6 Å². The molecule has 2 N–H and O–H groups in total. The Morgan fingerprint density at radius 2 is 1.88 bits per heavy atom. The lowest BCUT2D eigenvalue weighted by atomic mass is 10.1. The van der Waals surface area contributed by atoms with E-state index in [0.717, 1.165) is 16.7 Å². The molecule has 0 atom stereocenters. The number of oxazole rings is 1. The van der Waals surface area contributed by atoms with E-state index in [1.165, 1.54) is 0 Å². The Balaban J connectivity index is 1.47. The van der Waals surface area contributed by atoms with Gasteiger partial charge in [0.05, 0.1) is 0 Å². The fraction of sp³-hybridized carbons (Fsp3) is 0.263. The molecule has 0 saturated carbocycles. The molecule has 1 aliphatic rings. The van der Waals surface area contributed by atoms with Gasteiger partial charge < -0.3 is 20.0 Å². The van der Waals surface area contributed by atoms with E-state index in [-0.39, 0.29) is 5.91 Å². The molecule has 25 heavy (non-hydrogen) atoms. The summed E-state index contributed by atoms with van der Waals surface area (Å²) in [6.45, 7) is 4.58. The van der Waals surface area contributed by atoms with Gasteiger partial charge >= 0.3 is 0 Å². The first-order valence-electron chi connectivity index (χ1n) is 8.38. The van der Waals surface area contributed by atoms with Gasteiger partial charge in [0.1, 0.15) is 5.52 Å². The van der Waals surface area contributed by atoms with Crippen LogP contribution in [0.15, 0.2) is 46.9 Å². The molecule has 6 nitrogen and oxygen atoms in total.